The van der Waals surface area contributed by atoms with Crippen LogP contribution in [0, 0.1) is 0 Å². The van der Waals surface area contributed by atoms with Crippen LogP contribution < -0.4 is 15.5 Å². The van der Waals surface area contributed by atoms with Crippen molar-refractivity contribution in [2.75, 3.05) is 48.8 Å². The SMILES string of the molecule is COC(=O)c1ccc(N)c(N2CCN(c3ccccc3)CC2)c1. The Morgan fingerprint density at radius 1 is 1.00 bits per heavy atom. The summed E-state index contributed by atoms with van der Waals surface area (Å²) in [6, 6.07) is 15.7. The number of methoxy groups -OCH3 is 1. The molecule has 2 aromatic rings. The van der Waals surface area contributed by atoms with Crippen molar-refractivity contribution in [3.05, 3.63) is 54.1 Å². The van der Waals surface area contributed by atoms with E-state index in [0.29, 0.717) is 11.3 Å². The molecule has 1 saturated heterocycles. The van der Waals surface area contributed by atoms with Gasteiger partial charge in [-0.25, -0.2) is 4.79 Å². The summed E-state index contributed by atoms with van der Waals surface area (Å²) in [6.45, 7) is 3.57. The lowest BCUT2D eigenvalue weighted by Gasteiger charge is -2.38. The minimum Gasteiger partial charge on any atom is -0.465 e. The first-order chi connectivity index (χ1) is 11.2. The van der Waals surface area contributed by atoms with Gasteiger partial charge in [0.25, 0.3) is 0 Å². The lowest BCUT2D eigenvalue weighted by Crippen LogP contribution is -2.46. The molecule has 23 heavy (non-hydrogen) atoms. The molecule has 2 N–H and O–H groups in total. The van der Waals surface area contributed by atoms with Crippen molar-refractivity contribution < 1.29 is 9.53 Å². The third-order valence-electron chi connectivity index (χ3n) is 4.19. The minimum absolute atomic E-state index is 0.339. The van der Waals surface area contributed by atoms with Gasteiger partial charge in [0.15, 0.2) is 0 Å². The summed E-state index contributed by atoms with van der Waals surface area (Å²) in [6.07, 6.45) is 0. The average Bonchev–Trinajstić information content (AvgIpc) is 2.62. The molecule has 0 atom stereocenters. The highest BCUT2D eigenvalue weighted by Crippen LogP contribution is 2.27. The summed E-state index contributed by atoms with van der Waals surface area (Å²) in [5.74, 6) is -0.339. The van der Waals surface area contributed by atoms with E-state index in [2.05, 4.69) is 34.1 Å². The van der Waals surface area contributed by atoms with Gasteiger partial charge in [-0.15, -0.1) is 0 Å². The van der Waals surface area contributed by atoms with Crippen molar-refractivity contribution in [3.8, 4) is 0 Å². The number of carbonyl (C=O) groups excluding carboxylic acids is 1. The van der Waals surface area contributed by atoms with E-state index < -0.39 is 0 Å². The maximum atomic E-state index is 11.7. The van der Waals surface area contributed by atoms with Crippen LogP contribution in [0.1, 0.15) is 10.4 Å². The molecule has 0 radical (unpaired) electrons. The maximum absolute atomic E-state index is 11.7. The minimum atomic E-state index is -0.339. The van der Waals surface area contributed by atoms with Crippen molar-refractivity contribution >= 4 is 23.0 Å². The smallest absolute Gasteiger partial charge is 0.337 e. The summed E-state index contributed by atoms with van der Waals surface area (Å²) in [7, 11) is 1.39. The normalized spacial score (nSPS) is 14.7. The number of para-hydroxylation sites is 1. The molecule has 120 valence electrons. The Morgan fingerprint density at radius 3 is 2.30 bits per heavy atom. The van der Waals surface area contributed by atoms with Gasteiger partial charge >= 0.3 is 5.97 Å². The first-order valence-corrected chi connectivity index (χ1v) is 7.72. The molecule has 0 saturated carbocycles. The molecular formula is C18H21N3O2. The predicted molar refractivity (Wildman–Crippen MR) is 93.1 cm³/mol. The topological polar surface area (TPSA) is 58.8 Å². The van der Waals surface area contributed by atoms with Crippen LogP contribution in [-0.4, -0.2) is 39.3 Å². The average molecular weight is 311 g/mol. The van der Waals surface area contributed by atoms with Crippen LogP contribution in [-0.2, 0) is 4.74 Å². The van der Waals surface area contributed by atoms with E-state index in [1.165, 1.54) is 12.8 Å². The zero-order valence-corrected chi connectivity index (χ0v) is 13.2. The number of esters is 1. The number of hydrogen-bond acceptors (Lipinski definition) is 5. The van der Waals surface area contributed by atoms with Gasteiger partial charge in [0.2, 0.25) is 0 Å². The number of hydrogen-bond donors (Lipinski definition) is 1. The van der Waals surface area contributed by atoms with Crippen LogP contribution in [0.3, 0.4) is 0 Å². The molecule has 5 nitrogen and oxygen atoms in total. The van der Waals surface area contributed by atoms with Crippen molar-refractivity contribution in [3.63, 3.8) is 0 Å². The summed E-state index contributed by atoms with van der Waals surface area (Å²) < 4.78 is 4.79. The number of nitrogens with zero attached hydrogens (tertiary/aromatic N) is 2. The zero-order chi connectivity index (χ0) is 16.2. The molecule has 1 fully saturated rings. The Morgan fingerprint density at radius 2 is 1.65 bits per heavy atom. The summed E-state index contributed by atoms with van der Waals surface area (Å²) in [4.78, 5) is 16.3. The third-order valence-corrected chi connectivity index (χ3v) is 4.19. The fourth-order valence-corrected chi connectivity index (χ4v) is 2.91. The highest BCUT2D eigenvalue weighted by atomic mass is 16.5. The molecule has 0 amide bonds. The Hall–Kier alpha value is -2.69. The van der Waals surface area contributed by atoms with Crippen LogP contribution >= 0.6 is 0 Å². The van der Waals surface area contributed by atoms with E-state index in [-0.39, 0.29) is 5.97 Å². The molecule has 5 heteroatoms. The van der Waals surface area contributed by atoms with E-state index in [1.54, 1.807) is 12.1 Å². The van der Waals surface area contributed by atoms with Crippen LogP contribution in [0.2, 0.25) is 0 Å². The van der Waals surface area contributed by atoms with Gasteiger partial charge in [-0.2, -0.15) is 0 Å². The predicted octanol–water partition coefficient (Wildman–Crippen LogP) is 2.38. The van der Waals surface area contributed by atoms with Gasteiger partial charge in [-0.05, 0) is 30.3 Å². The summed E-state index contributed by atoms with van der Waals surface area (Å²) >= 11 is 0. The number of nitrogen functional groups attached to an aromatic ring is 1. The summed E-state index contributed by atoms with van der Waals surface area (Å²) in [5.41, 5.74) is 9.46. The largest absolute Gasteiger partial charge is 0.465 e. The molecule has 0 spiro atoms. The van der Waals surface area contributed by atoms with E-state index >= 15 is 0 Å². The second-order valence-corrected chi connectivity index (χ2v) is 5.57. The third kappa shape index (κ3) is 3.23. The molecule has 1 aliphatic heterocycles. The van der Waals surface area contributed by atoms with Gasteiger partial charge in [-0.3, -0.25) is 0 Å². The van der Waals surface area contributed by atoms with E-state index in [9.17, 15) is 4.79 Å². The number of nitrogens with two attached hydrogens (primary N) is 1. The van der Waals surface area contributed by atoms with Gasteiger partial charge in [0, 0.05) is 31.9 Å². The fraction of sp³-hybridized carbons (Fsp3) is 0.278. The van der Waals surface area contributed by atoms with Crippen LogP contribution in [0.25, 0.3) is 0 Å². The quantitative estimate of drug-likeness (QED) is 0.696. The Labute approximate surface area is 136 Å². The molecule has 0 aromatic heterocycles. The number of carbonyl (C=O) groups is 1. The molecule has 0 bridgehead atoms. The molecule has 0 aliphatic carbocycles. The van der Waals surface area contributed by atoms with Gasteiger partial charge in [0.05, 0.1) is 24.0 Å². The molecule has 0 unspecified atom stereocenters. The number of benzene rings is 2. The van der Waals surface area contributed by atoms with Crippen molar-refractivity contribution in [2.45, 2.75) is 0 Å². The van der Waals surface area contributed by atoms with Gasteiger partial charge in [0.1, 0.15) is 0 Å². The highest BCUT2D eigenvalue weighted by Gasteiger charge is 2.20. The van der Waals surface area contributed by atoms with Crippen LogP contribution in [0.4, 0.5) is 17.1 Å². The molecule has 1 heterocycles. The molecular weight excluding hydrogens is 290 g/mol. The van der Waals surface area contributed by atoms with Crippen LogP contribution in [0.5, 0.6) is 0 Å². The second kappa shape index (κ2) is 6.60. The Bertz CT molecular complexity index is 680. The summed E-state index contributed by atoms with van der Waals surface area (Å²) in [5, 5.41) is 0. The number of piperazine rings is 1. The molecule has 1 aliphatic rings. The standard InChI is InChI=1S/C18H21N3O2/c1-23-18(22)14-7-8-16(19)17(13-14)21-11-9-20(10-12-21)15-5-3-2-4-6-15/h2-8,13H,9-12,19H2,1H3. The Balaban J connectivity index is 1.73. The van der Waals surface area contributed by atoms with E-state index in [4.69, 9.17) is 10.5 Å². The Kier molecular flexibility index (Phi) is 4.37. The van der Waals surface area contributed by atoms with Crippen LogP contribution in [0.15, 0.2) is 48.5 Å². The molecule has 3 rings (SSSR count). The van der Waals surface area contributed by atoms with Crippen molar-refractivity contribution in [1.29, 1.82) is 0 Å². The van der Waals surface area contributed by atoms with Gasteiger partial charge < -0.3 is 20.3 Å². The number of anilines is 3. The van der Waals surface area contributed by atoms with E-state index in [0.717, 1.165) is 31.9 Å². The fourth-order valence-electron chi connectivity index (χ4n) is 2.91. The number of rotatable bonds is 3. The second-order valence-electron chi connectivity index (χ2n) is 5.57. The first kappa shape index (κ1) is 15.2. The highest BCUT2D eigenvalue weighted by molar-refractivity contribution is 5.92. The van der Waals surface area contributed by atoms with Crippen molar-refractivity contribution in [2.24, 2.45) is 0 Å². The lowest BCUT2D eigenvalue weighted by molar-refractivity contribution is 0.0601. The zero-order valence-electron chi connectivity index (χ0n) is 13.2. The maximum Gasteiger partial charge on any atom is 0.337 e. The lowest BCUT2D eigenvalue weighted by atomic mass is 10.1. The molecule has 2 aromatic carbocycles. The first-order valence-electron chi connectivity index (χ1n) is 7.72. The van der Waals surface area contributed by atoms with E-state index in [1.807, 2.05) is 12.1 Å². The van der Waals surface area contributed by atoms with Crippen molar-refractivity contribution in [1.82, 2.24) is 0 Å². The van der Waals surface area contributed by atoms with Gasteiger partial charge in [-0.1, -0.05) is 18.2 Å². The monoisotopic (exact) mass is 311 g/mol. The number of ether oxygens (including phenoxy) is 1.